The average Bonchev–Trinajstić information content (AvgIpc) is 2.33. The molecule has 1 unspecified atom stereocenters. The third-order valence-corrected chi connectivity index (χ3v) is 3.00. The fourth-order valence-corrected chi connectivity index (χ4v) is 2.00. The molecule has 1 aliphatic heterocycles. The minimum atomic E-state index is -0.913. The number of benzene rings is 1. The Labute approximate surface area is 92.9 Å². The second kappa shape index (κ2) is 4.89. The molecule has 1 aromatic carbocycles. The Morgan fingerprint density at radius 1 is 1.19 bits per heavy atom. The van der Waals surface area contributed by atoms with E-state index in [0.717, 1.165) is 25.0 Å². The van der Waals surface area contributed by atoms with Crippen LogP contribution in [0.15, 0.2) is 18.2 Å². The second-order valence-corrected chi connectivity index (χ2v) is 4.07. The van der Waals surface area contributed by atoms with Gasteiger partial charge in [0.2, 0.25) is 0 Å². The summed E-state index contributed by atoms with van der Waals surface area (Å²) in [5.41, 5.74) is 0.436. The van der Waals surface area contributed by atoms with Gasteiger partial charge in [-0.1, -0.05) is 6.07 Å². The zero-order chi connectivity index (χ0) is 11.5. The van der Waals surface area contributed by atoms with Crippen LogP contribution in [0.5, 0.6) is 0 Å². The van der Waals surface area contributed by atoms with Crippen LogP contribution in [0.4, 0.5) is 8.78 Å². The molecule has 0 amide bonds. The molecule has 0 spiro atoms. The predicted octanol–water partition coefficient (Wildman–Crippen LogP) is 2.42. The van der Waals surface area contributed by atoms with E-state index < -0.39 is 17.7 Å². The number of rotatable bonds is 2. The maximum atomic E-state index is 13.0. The number of hydrogen-bond donors (Lipinski definition) is 1. The van der Waals surface area contributed by atoms with E-state index in [-0.39, 0.29) is 5.92 Å². The summed E-state index contributed by atoms with van der Waals surface area (Å²) in [6.07, 6.45) is 0.763. The van der Waals surface area contributed by atoms with Gasteiger partial charge < -0.3 is 9.84 Å². The third-order valence-electron chi connectivity index (χ3n) is 3.00. The second-order valence-electron chi connectivity index (χ2n) is 4.07. The molecule has 1 heterocycles. The van der Waals surface area contributed by atoms with E-state index in [1.54, 1.807) is 0 Å². The summed E-state index contributed by atoms with van der Waals surface area (Å²) in [6.45, 7) is 1.23. The topological polar surface area (TPSA) is 29.5 Å². The van der Waals surface area contributed by atoms with Crippen LogP contribution in [0.2, 0.25) is 0 Å². The normalized spacial score (nSPS) is 19.7. The molecule has 4 heteroatoms. The van der Waals surface area contributed by atoms with Gasteiger partial charge in [-0.05, 0) is 36.5 Å². The van der Waals surface area contributed by atoms with Gasteiger partial charge in [0.05, 0.1) is 6.10 Å². The molecule has 88 valence electrons. The van der Waals surface area contributed by atoms with Crippen molar-refractivity contribution in [1.82, 2.24) is 0 Å². The molecule has 1 aromatic rings. The smallest absolute Gasteiger partial charge is 0.159 e. The number of hydrogen-bond acceptors (Lipinski definition) is 2. The summed E-state index contributed by atoms with van der Waals surface area (Å²) in [7, 11) is 0. The van der Waals surface area contributed by atoms with Gasteiger partial charge >= 0.3 is 0 Å². The summed E-state index contributed by atoms with van der Waals surface area (Å²) in [5.74, 6) is -1.73. The highest BCUT2D eigenvalue weighted by molar-refractivity contribution is 5.20. The molecule has 1 N–H and O–H groups in total. The van der Waals surface area contributed by atoms with Crippen LogP contribution < -0.4 is 0 Å². The Kier molecular flexibility index (Phi) is 3.51. The van der Waals surface area contributed by atoms with Gasteiger partial charge in [-0.3, -0.25) is 0 Å². The number of halogens is 2. The van der Waals surface area contributed by atoms with Gasteiger partial charge in [-0.2, -0.15) is 0 Å². The first-order valence-electron chi connectivity index (χ1n) is 5.39. The molecule has 0 radical (unpaired) electrons. The highest BCUT2D eigenvalue weighted by Crippen LogP contribution is 2.30. The van der Waals surface area contributed by atoms with Crippen molar-refractivity contribution in [3.05, 3.63) is 35.4 Å². The molecule has 1 aliphatic rings. The van der Waals surface area contributed by atoms with Crippen molar-refractivity contribution in [2.24, 2.45) is 5.92 Å². The zero-order valence-corrected chi connectivity index (χ0v) is 8.83. The monoisotopic (exact) mass is 228 g/mol. The lowest BCUT2D eigenvalue weighted by atomic mass is 9.89. The van der Waals surface area contributed by atoms with Crippen molar-refractivity contribution in [3.63, 3.8) is 0 Å². The molecule has 16 heavy (non-hydrogen) atoms. The minimum Gasteiger partial charge on any atom is -0.388 e. The zero-order valence-electron chi connectivity index (χ0n) is 8.83. The standard InChI is InChI=1S/C12H14F2O2/c13-10-2-1-9(7-11(10)14)12(15)8-3-5-16-6-4-8/h1-2,7-8,12,15H,3-6H2. The Morgan fingerprint density at radius 3 is 2.50 bits per heavy atom. The lowest BCUT2D eigenvalue weighted by Crippen LogP contribution is -2.22. The number of aliphatic hydroxyl groups is 1. The van der Waals surface area contributed by atoms with E-state index in [4.69, 9.17) is 4.74 Å². The first-order chi connectivity index (χ1) is 7.68. The molecule has 0 bridgehead atoms. The van der Waals surface area contributed by atoms with E-state index in [0.29, 0.717) is 18.8 Å². The molecular weight excluding hydrogens is 214 g/mol. The van der Waals surface area contributed by atoms with E-state index in [1.807, 2.05) is 0 Å². The first kappa shape index (κ1) is 11.5. The van der Waals surface area contributed by atoms with Crippen molar-refractivity contribution < 1.29 is 18.6 Å². The number of aliphatic hydroxyl groups excluding tert-OH is 1. The molecule has 2 rings (SSSR count). The van der Waals surface area contributed by atoms with Crippen LogP contribution in [0, 0.1) is 17.6 Å². The maximum Gasteiger partial charge on any atom is 0.159 e. The van der Waals surface area contributed by atoms with Crippen LogP contribution in [0.3, 0.4) is 0 Å². The van der Waals surface area contributed by atoms with E-state index >= 15 is 0 Å². The van der Waals surface area contributed by atoms with Gasteiger partial charge in [0.1, 0.15) is 0 Å². The predicted molar refractivity (Wildman–Crippen MR) is 54.9 cm³/mol. The van der Waals surface area contributed by atoms with Crippen LogP contribution in [0.25, 0.3) is 0 Å². The van der Waals surface area contributed by atoms with Gasteiger partial charge in [0.25, 0.3) is 0 Å². The molecule has 2 nitrogen and oxygen atoms in total. The van der Waals surface area contributed by atoms with Crippen molar-refractivity contribution >= 4 is 0 Å². The van der Waals surface area contributed by atoms with Gasteiger partial charge in [0.15, 0.2) is 11.6 Å². The molecule has 1 fully saturated rings. The highest BCUT2D eigenvalue weighted by Gasteiger charge is 2.24. The summed E-state index contributed by atoms with van der Waals surface area (Å²) in [6, 6.07) is 3.54. The lowest BCUT2D eigenvalue weighted by molar-refractivity contribution is 0.00705. The maximum absolute atomic E-state index is 13.0. The van der Waals surface area contributed by atoms with Crippen LogP contribution in [-0.4, -0.2) is 18.3 Å². The largest absolute Gasteiger partial charge is 0.388 e. The summed E-state index contributed by atoms with van der Waals surface area (Å²) < 4.78 is 30.9. The third kappa shape index (κ3) is 2.39. The van der Waals surface area contributed by atoms with Crippen molar-refractivity contribution in [2.45, 2.75) is 18.9 Å². The fourth-order valence-electron chi connectivity index (χ4n) is 2.00. The summed E-state index contributed by atoms with van der Waals surface area (Å²) in [5, 5.41) is 10.0. The summed E-state index contributed by atoms with van der Waals surface area (Å²) >= 11 is 0. The van der Waals surface area contributed by atoms with Crippen molar-refractivity contribution in [1.29, 1.82) is 0 Å². The molecular formula is C12H14F2O2. The first-order valence-corrected chi connectivity index (χ1v) is 5.39. The van der Waals surface area contributed by atoms with E-state index in [2.05, 4.69) is 0 Å². The van der Waals surface area contributed by atoms with Crippen molar-refractivity contribution in [3.8, 4) is 0 Å². The quantitative estimate of drug-likeness (QED) is 0.842. The SMILES string of the molecule is OC(c1ccc(F)c(F)c1)C1CCOCC1. The Bertz CT molecular complexity index is 362. The van der Waals surface area contributed by atoms with Gasteiger partial charge in [-0.15, -0.1) is 0 Å². The van der Waals surface area contributed by atoms with E-state index in [1.165, 1.54) is 6.07 Å². The lowest BCUT2D eigenvalue weighted by Gasteiger charge is -2.26. The minimum absolute atomic E-state index is 0.0682. The van der Waals surface area contributed by atoms with Crippen molar-refractivity contribution in [2.75, 3.05) is 13.2 Å². The van der Waals surface area contributed by atoms with Crippen LogP contribution in [0.1, 0.15) is 24.5 Å². The Hall–Kier alpha value is -1.00. The van der Waals surface area contributed by atoms with E-state index in [9.17, 15) is 13.9 Å². The summed E-state index contributed by atoms with van der Waals surface area (Å²) in [4.78, 5) is 0. The molecule has 1 saturated heterocycles. The van der Waals surface area contributed by atoms with Gasteiger partial charge in [-0.25, -0.2) is 8.78 Å². The fraction of sp³-hybridized carbons (Fsp3) is 0.500. The average molecular weight is 228 g/mol. The van der Waals surface area contributed by atoms with Crippen LogP contribution >= 0.6 is 0 Å². The highest BCUT2D eigenvalue weighted by atomic mass is 19.2. The molecule has 0 aromatic heterocycles. The van der Waals surface area contributed by atoms with Crippen LogP contribution in [-0.2, 0) is 4.74 Å². The Balaban J connectivity index is 2.12. The Morgan fingerprint density at radius 2 is 1.88 bits per heavy atom. The van der Waals surface area contributed by atoms with Gasteiger partial charge in [0, 0.05) is 13.2 Å². The number of ether oxygens (including phenoxy) is 1. The molecule has 0 saturated carbocycles. The molecule has 1 atom stereocenters. The molecule has 0 aliphatic carbocycles.